The number of benzene rings is 1. The molecule has 1 N–H and O–H groups in total. The maximum atomic E-state index is 12.3. The Morgan fingerprint density at radius 1 is 1.33 bits per heavy atom. The maximum Gasteiger partial charge on any atom is 0.263 e. The lowest BCUT2D eigenvalue weighted by Gasteiger charge is -2.49. The molecular formula is C13H12ClN3O4S3. The molecule has 1 aliphatic heterocycles. The fraction of sp³-hybridized carbons (Fsp3) is 0.231. The van der Waals surface area contributed by atoms with Gasteiger partial charge in [-0.1, -0.05) is 5.16 Å². The predicted molar refractivity (Wildman–Crippen MR) is 96.3 cm³/mol. The van der Waals surface area contributed by atoms with Crippen LogP contribution < -0.4 is 9.62 Å². The summed E-state index contributed by atoms with van der Waals surface area (Å²) in [5, 5.41) is 2.72. The highest BCUT2D eigenvalue weighted by Crippen LogP contribution is 2.45. The molecule has 2 aromatic rings. The number of sulfonamides is 1. The van der Waals surface area contributed by atoms with E-state index in [4.69, 9.17) is 16.1 Å². The van der Waals surface area contributed by atoms with Crippen LogP contribution in [0.2, 0.25) is 0 Å². The van der Waals surface area contributed by atoms with E-state index in [1.54, 1.807) is 6.92 Å². The number of aromatic nitrogens is 1. The van der Waals surface area contributed by atoms with E-state index in [9.17, 15) is 13.2 Å². The van der Waals surface area contributed by atoms with Gasteiger partial charge in [-0.15, -0.1) is 36.9 Å². The summed E-state index contributed by atoms with van der Waals surface area (Å²) in [7, 11) is -3.82. The number of carbonyl (C=O) groups excluding carboxylic acids is 1. The Hall–Kier alpha value is -1.36. The number of amides is 1. The van der Waals surface area contributed by atoms with E-state index in [0.29, 0.717) is 11.4 Å². The van der Waals surface area contributed by atoms with Crippen LogP contribution in [0.25, 0.3) is 0 Å². The van der Waals surface area contributed by atoms with Crippen molar-refractivity contribution < 1.29 is 17.7 Å². The quantitative estimate of drug-likeness (QED) is 0.314. The van der Waals surface area contributed by atoms with Crippen molar-refractivity contribution in [1.82, 2.24) is 5.16 Å². The number of halogens is 1. The third-order valence-corrected chi connectivity index (χ3v) is 6.47. The van der Waals surface area contributed by atoms with E-state index in [-0.39, 0.29) is 16.6 Å². The van der Waals surface area contributed by atoms with Gasteiger partial charge < -0.3 is 4.52 Å². The molecule has 24 heavy (non-hydrogen) atoms. The summed E-state index contributed by atoms with van der Waals surface area (Å²) in [6.45, 7) is 1.65. The van der Waals surface area contributed by atoms with E-state index >= 15 is 0 Å². The molecule has 128 valence electrons. The molecule has 0 saturated carbocycles. The second-order valence-corrected chi connectivity index (χ2v) is 8.98. The van der Waals surface area contributed by atoms with Crippen LogP contribution >= 0.6 is 36.9 Å². The summed E-state index contributed by atoms with van der Waals surface area (Å²) in [5.74, 6) is 0.214. The molecule has 1 fully saturated rings. The van der Waals surface area contributed by atoms with Crippen LogP contribution in [0.15, 0.2) is 39.8 Å². The van der Waals surface area contributed by atoms with Crippen LogP contribution in [0.4, 0.5) is 11.5 Å². The summed E-state index contributed by atoms with van der Waals surface area (Å²) in [4.78, 5) is 13.1. The molecular weight excluding hydrogens is 394 g/mol. The maximum absolute atomic E-state index is 12.3. The van der Waals surface area contributed by atoms with Gasteiger partial charge in [-0.25, -0.2) is 8.42 Å². The normalized spacial score (nSPS) is 19.9. The Balaban J connectivity index is 1.83. The molecule has 1 amide bonds. The Morgan fingerprint density at radius 3 is 2.46 bits per heavy atom. The first kappa shape index (κ1) is 17.5. The predicted octanol–water partition coefficient (Wildman–Crippen LogP) is 2.25. The Kier molecular flexibility index (Phi) is 4.27. The average molecular weight is 406 g/mol. The number of carbonyl (C=O) groups is 1. The van der Waals surface area contributed by atoms with Crippen molar-refractivity contribution in [3.63, 3.8) is 0 Å². The van der Waals surface area contributed by atoms with Crippen molar-refractivity contribution in [2.24, 2.45) is 0 Å². The number of hydrogen-bond acceptors (Lipinski definition) is 7. The van der Waals surface area contributed by atoms with Crippen LogP contribution in [-0.4, -0.2) is 29.1 Å². The van der Waals surface area contributed by atoms with Gasteiger partial charge in [0.25, 0.3) is 15.9 Å². The smallest absolute Gasteiger partial charge is 0.263 e. The van der Waals surface area contributed by atoms with E-state index in [0.717, 1.165) is 0 Å². The van der Waals surface area contributed by atoms with Gasteiger partial charge in [-0.3, -0.25) is 14.4 Å². The zero-order chi connectivity index (χ0) is 17.7. The fourth-order valence-corrected chi connectivity index (χ4v) is 4.02. The molecule has 1 atom stereocenters. The summed E-state index contributed by atoms with van der Waals surface area (Å²) in [6.07, 6.45) is 0. The van der Waals surface area contributed by atoms with Crippen molar-refractivity contribution in [3.05, 3.63) is 36.1 Å². The van der Waals surface area contributed by atoms with Gasteiger partial charge in [0.2, 0.25) is 0 Å². The fourth-order valence-electron chi connectivity index (χ4n) is 2.19. The minimum Gasteiger partial charge on any atom is -0.360 e. The number of thiol groups is 2. The average Bonchev–Trinajstić information content (AvgIpc) is 2.91. The zero-order valence-electron chi connectivity index (χ0n) is 12.2. The van der Waals surface area contributed by atoms with Crippen molar-refractivity contribution in [2.45, 2.75) is 21.4 Å². The molecule has 0 aliphatic carbocycles. The monoisotopic (exact) mass is 405 g/mol. The van der Waals surface area contributed by atoms with Gasteiger partial charge in [0.1, 0.15) is 5.76 Å². The van der Waals surface area contributed by atoms with Gasteiger partial charge in [0.05, 0.1) is 4.90 Å². The van der Waals surface area contributed by atoms with Gasteiger partial charge in [0.15, 0.2) is 15.4 Å². The number of alkyl halides is 1. The highest BCUT2D eigenvalue weighted by Gasteiger charge is 2.56. The van der Waals surface area contributed by atoms with Gasteiger partial charge >= 0.3 is 0 Å². The van der Waals surface area contributed by atoms with E-state index in [2.05, 4.69) is 35.1 Å². The Morgan fingerprint density at radius 2 is 1.96 bits per heavy atom. The van der Waals surface area contributed by atoms with E-state index < -0.39 is 19.6 Å². The lowest BCUT2D eigenvalue weighted by molar-refractivity contribution is -0.122. The van der Waals surface area contributed by atoms with Gasteiger partial charge in [-0.2, -0.15) is 0 Å². The van der Waals surface area contributed by atoms with Crippen LogP contribution in [0.5, 0.6) is 0 Å². The molecule has 1 aliphatic rings. The Labute approximate surface area is 154 Å². The Bertz CT molecular complexity index is 895. The third-order valence-electron chi connectivity index (χ3n) is 3.38. The molecule has 1 unspecified atom stereocenters. The zero-order valence-corrected chi connectivity index (χ0v) is 15.5. The number of aryl methyl sites for hydroxylation is 1. The van der Waals surface area contributed by atoms with Crippen molar-refractivity contribution in [1.29, 1.82) is 0 Å². The molecule has 1 aromatic carbocycles. The van der Waals surface area contributed by atoms with Crippen LogP contribution in [0.1, 0.15) is 5.76 Å². The van der Waals surface area contributed by atoms with Gasteiger partial charge in [0, 0.05) is 11.8 Å². The van der Waals surface area contributed by atoms with Crippen molar-refractivity contribution >= 4 is 64.3 Å². The summed E-state index contributed by atoms with van der Waals surface area (Å²) in [6, 6.07) is 7.13. The minimum absolute atomic E-state index is 0.00577. The molecule has 3 rings (SSSR count). The number of rotatable bonds is 4. The number of anilines is 2. The van der Waals surface area contributed by atoms with Gasteiger partial charge in [-0.05, 0) is 31.2 Å². The first-order valence-corrected chi connectivity index (χ1v) is 9.43. The molecule has 1 saturated heterocycles. The highest BCUT2D eigenvalue weighted by molar-refractivity contribution is 8.01. The molecule has 1 aromatic heterocycles. The molecule has 7 nitrogen and oxygen atoms in total. The topological polar surface area (TPSA) is 92.5 Å². The molecule has 11 heteroatoms. The van der Waals surface area contributed by atoms with E-state index in [1.807, 2.05) is 0 Å². The number of hydrogen-bond donors (Lipinski definition) is 3. The summed E-state index contributed by atoms with van der Waals surface area (Å²) < 4.78 is 30.6. The summed E-state index contributed by atoms with van der Waals surface area (Å²) >= 11 is 14.3. The first-order chi connectivity index (χ1) is 11.1. The largest absolute Gasteiger partial charge is 0.360 e. The lowest BCUT2D eigenvalue weighted by atomic mass is 10.1. The van der Waals surface area contributed by atoms with Crippen LogP contribution in [0.3, 0.4) is 0 Å². The molecule has 0 bridgehead atoms. The second kappa shape index (κ2) is 5.87. The van der Waals surface area contributed by atoms with Crippen molar-refractivity contribution in [2.75, 3.05) is 9.62 Å². The molecule has 2 heterocycles. The minimum atomic E-state index is -3.82. The van der Waals surface area contributed by atoms with Crippen LogP contribution in [0, 0.1) is 6.92 Å². The van der Waals surface area contributed by atoms with Crippen molar-refractivity contribution in [3.8, 4) is 0 Å². The second-order valence-electron chi connectivity index (χ2n) is 5.15. The first-order valence-electron chi connectivity index (χ1n) is 6.62. The third kappa shape index (κ3) is 2.87. The molecule has 0 radical (unpaired) electrons. The van der Waals surface area contributed by atoms with E-state index in [1.165, 1.54) is 35.2 Å². The number of β-lactam (4-membered cyclic amide) rings is 1. The SMILES string of the molecule is Cc1cc(NS(=O)(=O)c2ccc(N3C(=O)C(Cl)C3(S)S)cc2)no1. The van der Waals surface area contributed by atoms with Crippen LogP contribution in [-0.2, 0) is 14.8 Å². The number of nitrogens with zero attached hydrogens (tertiary/aromatic N) is 2. The summed E-state index contributed by atoms with van der Waals surface area (Å²) in [5.41, 5.74) is 0.443. The molecule has 0 spiro atoms. The standard InChI is InChI=1S/C13H12ClN3O4S3/c1-7-6-10(15-21-7)16-24(19,20)9-4-2-8(3-5-9)17-12(18)11(14)13(17,22)23/h2-6,11,22-23H,1H3,(H,15,16). The number of nitrogens with one attached hydrogen (secondary N) is 1. The lowest BCUT2D eigenvalue weighted by Crippen LogP contribution is -2.67. The highest BCUT2D eigenvalue weighted by atomic mass is 35.5.